The molecule has 0 aliphatic carbocycles. The van der Waals surface area contributed by atoms with Crippen molar-refractivity contribution in [2.24, 2.45) is 0 Å². The molecule has 0 unspecified atom stereocenters. The number of amides is 1. The number of carbonyl (C=O) groups is 1. The van der Waals surface area contributed by atoms with Crippen molar-refractivity contribution < 1.29 is 17.9 Å². The summed E-state index contributed by atoms with van der Waals surface area (Å²) in [5, 5.41) is 2.78. The van der Waals surface area contributed by atoms with Crippen molar-refractivity contribution in [1.29, 1.82) is 0 Å². The lowest BCUT2D eigenvalue weighted by Crippen LogP contribution is -2.42. The van der Waals surface area contributed by atoms with E-state index >= 15 is 0 Å². The number of hydrogen-bond acceptors (Lipinski definition) is 4. The van der Waals surface area contributed by atoms with Gasteiger partial charge in [-0.2, -0.15) is 0 Å². The predicted molar refractivity (Wildman–Crippen MR) is 141 cm³/mol. The van der Waals surface area contributed by atoms with Crippen LogP contribution in [0.2, 0.25) is 0 Å². The highest BCUT2D eigenvalue weighted by Crippen LogP contribution is 2.28. The van der Waals surface area contributed by atoms with Crippen LogP contribution in [-0.4, -0.2) is 34.0 Å². The summed E-state index contributed by atoms with van der Waals surface area (Å²) in [6.07, 6.45) is 2.11. The van der Waals surface area contributed by atoms with Crippen molar-refractivity contribution in [3.05, 3.63) is 89.0 Å². The lowest BCUT2D eigenvalue weighted by molar-refractivity contribution is -0.119. The summed E-state index contributed by atoms with van der Waals surface area (Å²) in [4.78, 5) is 13.0. The topological polar surface area (TPSA) is 75.7 Å². The lowest BCUT2D eigenvalue weighted by atomic mass is 10.1. The molecule has 1 amide bonds. The largest absolute Gasteiger partial charge is 0.492 e. The Kier molecular flexibility index (Phi) is 8.93. The van der Waals surface area contributed by atoms with Gasteiger partial charge in [0.25, 0.3) is 10.0 Å². The van der Waals surface area contributed by atoms with E-state index in [2.05, 4.69) is 12.2 Å². The van der Waals surface area contributed by atoms with E-state index in [0.717, 1.165) is 35.3 Å². The van der Waals surface area contributed by atoms with E-state index in [1.165, 1.54) is 9.87 Å². The molecule has 3 aromatic rings. The maximum absolute atomic E-state index is 13.6. The Morgan fingerprint density at radius 3 is 2.29 bits per heavy atom. The van der Waals surface area contributed by atoms with Crippen molar-refractivity contribution >= 4 is 21.6 Å². The van der Waals surface area contributed by atoms with Gasteiger partial charge in [0.2, 0.25) is 5.91 Å². The molecule has 0 saturated heterocycles. The van der Waals surface area contributed by atoms with Crippen LogP contribution in [0.25, 0.3) is 0 Å². The Morgan fingerprint density at radius 2 is 1.63 bits per heavy atom. The first-order valence-corrected chi connectivity index (χ1v) is 13.3. The molecule has 186 valence electrons. The van der Waals surface area contributed by atoms with E-state index in [9.17, 15) is 13.2 Å². The first-order valence-electron chi connectivity index (χ1n) is 11.9. The number of carbonyl (C=O) groups excluding carboxylic acids is 1. The fourth-order valence-corrected chi connectivity index (χ4v) is 5.21. The van der Waals surface area contributed by atoms with Crippen molar-refractivity contribution in [1.82, 2.24) is 5.32 Å². The molecule has 6 nitrogen and oxygen atoms in total. The zero-order valence-electron chi connectivity index (χ0n) is 20.9. The number of anilines is 1. The zero-order valence-corrected chi connectivity index (χ0v) is 21.7. The van der Waals surface area contributed by atoms with Gasteiger partial charge in [-0.25, -0.2) is 8.42 Å². The van der Waals surface area contributed by atoms with Gasteiger partial charge in [-0.05, 0) is 74.2 Å². The predicted octanol–water partition coefficient (Wildman–Crippen LogP) is 4.95. The van der Waals surface area contributed by atoms with Crippen molar-refractivity contribution in [2.75, 3.05) is 24.0 Å². The number of nitrogens with one attached hydrogen (secondary N) is 1. The van der Waals surface area contributed by atoms with Crippen LogP contribution in [0.5, 0.6) is 5.75 Å². The second-order valence-electron chi connectivity index (χ2n) is 8.64. The average Bonchev–Trinajstić information content (AvgIpc) is 2.84. The van der Waals surface area contributed by atoms with E-state index in [1.807, 2.05) is 51.1 Å². The number of ether oxygens (including phenoxy) is 1. The molecule has 0 atom stereocenters. The van der Waals surface area contributed by atoms with Crippen LogP contribution in [0, 0.1) is 20.8 Å². The molecule has 35 heavy (non-hydrogen) atoms. The molecule has 1 N–H and O–H groups in total. The maximum atomic E-state index is 13.6. The quantitative estimate of drug-likeness (QED) is 0.383. The standard InChI is InChI=1S/C28H34N2O4S/c1-5-7-24-12-14-25(15-13-24)34-19-18-29-28(31)20-30(27-9-6-8-22(3)23(27)4)35(32,33)26-16-10-21(2)11-17-26/h6,8-17H,5,7,18-20H2,1-4H3,(H,29,31). The van der Waals surface area contributed by atoms with Gasteiger partial charge in [0.15, 0.2) is 0 Å². The van der Waals surface area contributed by atoms with Gasteiger partial charge in [0.05, 0.1) is 17.1 Å². The molecule has 7 heteroatoms. The van der Waals surface area contributed by atoms with Crippen LogP contribution in [0.4, 0.5) is 5.69 Å². The van der Waals surface area contributed by atoms with Crippen LogP contribution in [0.15, 0.2) is 71.6 Å². The third kappa shape index (κ3) is 6.85. The van der Waals surface area contributed by atoms with Crippen LogP contribution in [0.3, 0.4) is 0 Å². The smallest absolute Gasteiger partial charge is 0.264 e. The lowest BCUT2D eigenvalue weighted by Gasteiger charge is -2.26. The van der Waals surface area contributed by atoms with Crippen molar-refractivity contribution in [2.45, 2.75) is 45.4 Å². The SMILES string of the molecule is CCCc1ccc(OCCNC(=O)CN(c2cccc(C)c2C)S(=O)(=O)c2ccc(C)cc2)cc1. The van der Waals surface area contributed by atoms with Gasteiger partial charge < -0.3 is 10.1 Å². The van der Waals surface area contributed by atoms with Gasteiger partial charge in [0, 0.05) is 0 Å². The summed E-state index contributed by atoms with van der Waals surface area (Å²) < 4.78 is 34.0. The monoisotopic (exact) mass is 494 g/mol. The normalized spacial score (nSPS) is 11.2. The highest BCUT2D eigenvalue weighted by Gasteiger charge is 2.28. The van der Waals surface area contributed by atoms with Crippen LogP contribution < -0.4 is 14.4 Å². The molecule has 3 aromatic carbocycles. The minimum Gasteiger partial charge on any atom is -0.492 e. The zero-order chi connectivity index (χ0) is 25.4. The number of aryl methyl sites for hydroxylation is 3. The highest BCUT2D eigenvalue weighted by molar-refractivity contribution is 7.92. The molecule has 0 saturated carbocycles. The number of benzene rings is 3. The maximum Gasteiger partial charge on any atom is 0.264 e. The van der Waals surface area contributed by atoms with E-state index < -0.39 is 15.9 Å². The number of rotatable bonds is 11. The van der Waals surface area contributed by atoms with Gasteiger partial charge in [0.1, 0.15) is 18.9 Å². The molecule has 0 aromatic heterocycles. The fourth-order valence-electron chi connectivity index (χ4n) is 3.73. The van der Waals surface area contributed by atoms with Gasteiger partial charge in [-0.1, -0.05) is 55.3 Å². The van der Waals surface area contributed by atoms with Crippen molar-refractivity contribution in [3.8, 4) is 5.75 Å². The van der Waals surface area contributed by atoms with Gasteiger partial charge in [-0.15, -0.1) is 0 Å². The second kappa shape index (κ2) is 11.9. The van der Waals surface area contributed by atoms with E-state index in [1.54, 1.807) is 36.4 Å². The fraction of sp³-hybridized carbons (Fsp3) is 0.321. The first-order chi connectivity index (χ1) is 16.7. The third-order valence-corrected chi connectivity index (χ3v) is 7.67. The molecule has 0 fully saturated rings. The molecule has 0 aliphatic rings. The first kappa shape index (κ1) is 26.3. The van der Waals surface area contributed by atoms with Gasteiger partial charge >= 0.3 is 0 Å². The van der Waals surface area contributed by atoms with E-state index in [4.69, 9.17) is 4.74 Å². The molecule has 3 rings (SSSR count). The molecule has 0 spiro atoms. The summed E-state index contributed by atoms with van der Waals surface area (Å²) in [5.41, 5.74) is 4.47. The Balaban J connectivity index is 1.69. The Labute approximate surface area is 209 Å². The summed E-state index contributed by atoms with van der Waals surface area (Å²) >= 11 is 0. The number of sulfonamides is 1. The number of nitrogens with zero attached hydrogens (tertiary/aromatic N) is 1. The number of hydrogen-bond donors (Lipinski definition) is 1. The highest BCUT2D eigenvalue weighted by atomic mass is 32.2. The Bertz CT molecular complexity index is 1240. The molecular weight excluding hydrogens is 460 g/mol. The van der Waals surface area contributed by atoms with Crippen LogP contribution in [0.1, 0.15) is 35.6 Å². The van der Waals surface area contributed by atoms with Crippen LogP contribution >= 0.6 is 0 Å². The Morgan fingerprint density at radius 1 is 0.943 bits per heavy atom. The Hall–Kier alpha value is -3.32. The van der Waals surface area contributed by atoms with Gasteiger partial charge in [-0.3, -0.25) is 9.10 Å². The minimum absolute atomic E-state index is 0.145. The van der Waals surface area contributed by atoms with E-state index in [-0.39, 0.29) is 24.6 Å². The summed E-state index contributed by atoms with van der Waals surface area (Å²) in [7, 11) is -3.95. The molecular formula is C28H34N2O4S. The summed E-state index contributed by atoms with van der Waals surface area (Å²) in [6, 6.07) is 20.0. The van der Waals surface area contributed by atoms with Crippen LogP contribution in [-0.2, 0) is 21.2 Å². The molecule has 0 bridgehead atoms. The average molecular weight is 495 g/mol. The molecule has 0 radical (unpaired) electrons. The van der Waals surface area contributed by atoms with Crippen molar-refractivity contribution in [3.63, 3.8) is 0 Å². The summed E-state index contributed by atoms with van der Waals surface area (Å²) in [5.74, 6) is 0.335. The molecule has 0 aliphatic heterocycles. The second-order valence-corrected chi connectivity index (χ2v) is 10.5. The molecule has 0 heterocycles. The third-order valence-electron chi connectivity index (χ3n) is 5.90. The van der Waals surface area contributed by atoms with E-state index in [0.29, 0.717) is 5.69 Å². The summed E-state index contributed by atoms with van der Waals surface area (Å²) in [6.45, 7) is 8.04. The minimum atomic E-state index is -3.95.